The number of unbranched alkanes of at least 4 members (excludes halogenated alkanes) is 2. The van der Waals surface area contributed by atoms with Crippen LogP contribution in [0.25, 0.3) is 0 Å². The summed E-state index contributed by atoms with van der Waals surface area (Å²) >= 11 is 0. The molecular formula is C24H42N8O3. The molecule has 3 amide bonds. The summed E-state index contributed by atoms with van der Waals surface area (Å²) in [6.45, 7) is 1.75. The molecule has 11 nitrogen and oxygen atoms in total. The largest absolute Gasteiger partial charge is 0.370 e. The second-order valence-electron chi connectivity index (χ2n) is 8.36. The molecule has 0 radical (unpaired) electrons. The van der Waals surface area contributed by atoms with Crippen LogP contribution in [0.4, 0.5) is 0 Å². The zero-order valence-corrected chi connectivity index (χ0v) is 20.5. The number of rotatable bonds is 18. The lowest BCUT2D eigenvalue weighted by atomic mass is 10.0. The van der Waals surface area contributed by atoms with Gasteiger partial charge in [0.1, 0.15) is 12.1 Å². The average Bonchev–Trinajstić information content (AvgIpc) is 2.83. The number of nitrogens with two attached hydrogens (primary N) is 4. The van der Waals surface area contributed by atoms with Crippen molar-refractivity contribution in [1.29, 1.82) is 0 Å². The summed E-state index contributed by atoms with van der Waals surface area (Å²) in [6.07, 6.45) is 4.42. The number of benzene rings is 1. The Morgan fingerprint density at radius 1 is 0.800 bits per heavy atom. The van der Waals surface area contributed by atoms with Gasteiger partial charge in [0, 0.05) is 13.1 Å². The van der Waals surface area contributed by atoms with Crippen LogP contribution in [0.2, 0.25) is 0 Å². The van der Waals surface area contributed by atoms with Crippen molar-refractivity contribution in [3.05, 3.63) is 35.9 Å². The molecule has 0 aliphatic carbocycles. The van der Waals surface area contributed by atoms with Crippen LogP contribution in [0.3, 0.4) is 0 Å². The Morgan fingerprint density at radius 2 is 1.40 bits per heavy atom. The molecule has 0 aliphatic heterocycles. The third-order valence-electron chi connectivity index (χ3n) is 5.31. The van der Waals surface area contributed by atoms with Gasteiger partial charge in [-0.2, -0.15) is 0 Å². The van der Waals surface area contributed by atoms with E-state index in [0.29, 0.717) is 58.3 Å². The fourth-order valence-electron chi connectivity index (χ4n) is 3.44. The van der Waals surface area contributed by atoms with Gasteiger partial charge in [-0.25, -0.2) is 0 Å². The quantitative estimate of drug-likeness (QED) is 0.0794. The van der Waals surface area contributed by atoms with Crippen LogP contribution < -0.4 is 38.9 Å². The fourth-order valence-corrected chi connectivity index (χ4v) is 3.44. The van der Waals surface area contributed by atoms with Crippen molar-refractivity contribution in [1.82, 2.24) is 16.0 Å². The molecule has 0 saturated carbocycles. The van der Waals surface area contributed by atoms with Gasteiger partial charge in [-0.1, -0.05) is 30.3 Å². The lowest BCUT2D eigenvalue weighted by molar-refractivity contribution is -0.132. The molecule has 0 fully saturated rings. The summed E-state index contributed by atoms with van der Waals surface area (Å²) in [4.78, 5) is 42.4. The lowest BCUT2D eigenvalue weighted by Gasteiger charge is -2.23. The van der Waals surface area contributed by atoms with Gasteiger partial charge in [0.15, 0.2) is 5.96 Å². The van der Waals surface area contributed by atoms with Gasteiger partial charge in [0.2, 0.25) is 17.7 Å². The van der Waals surface area contributed by atoms with Gasteiger partial charge in [0.25, 0.3) is 0 Å². The molecule has 0 unspecified atom stereocenters. The molecular weight excluding hydrogens is 448 g/mol. The molecule has 0 spiro atoms. The minimum atomic E-state index is -0.760. The number of guanidine groups is 1. The Balaban J connectivity index is 2.77. The number of hydrogen-bond acceptors (Lipinski definition) is 6. The first kappa shape index (κ1) is 29.9. The highest BCUT2D eigenvalue weighted by Crippen LogP contribution is 2.07. The molecule has 35 heavy (non-hydrogen) atoms. The molecule has 11 heteroatoms. The maximum atomic E-state index is 13.1. The van der Waals surface area contributed by atoms with Crippen molar-refractivity contribution in [2.75, 3.05) is 26.2 Å². The van der Waals surface area contributed by atoms with E-state index in [9.17, 15) is 14.4 Å². The van der Waals surface area contributed by atoms with E-state index in [0.717, 1.165) is 18.4 Å². The third-order valence-corrected chi connectivity index (χ3v) is 5.31. The van der Waals surface area contributed by atoms with E-state index in [-0.39, 0.29) is 24.2 Å². The molecule has 0 heterocycles. The topological polar surface area (TPSA) is 204 Å². The van der Waals surface area contributed by atoms with Crippen LogP contribution in [-0.2, 0) is 20.8 Å². The molecule has 0 saturated heterocycles. The molecule has 1 aromatic carbocycles. The smallest absolute Gasteiger partial charge is 0.243 e. The average molecular weight is 491 g/mol. The highest BCUT2D eigenvalue weighted by Gasteiger charge is 2.26. The zero-order valence-electron chi connectivity index (χ0n) is 20.5. The van der Waals surface area contributed by atoms with Crippen molar-refractivity contribution in [3.63, 3.8) is 0 Å². The molecule has 196 valence electrons. The molecule has 0 aliphatic rings. The van der Waals surface area contributed by atoms with Crippen LogP contribution in [-0.4, -0.2) is 61.9 Å². The monoisotopic (exact) mass is 490 g/mol. The Morgan fingerprint density at radius 3 is 1.97 bits per heavy atom. The first-order valence-corrected chi connectivity index (χ1v) is 12.2. The van der Waals surface area contributed by atoms with Crippen molar-refractivity contribution in [2.45, 2.75) is 63.5 Å². The van der Waals surface area contributed by atoms with Crippen molar-refractivity contribution < 1.29 is 14.4 Å². The number of nitrogens with zero attached hydrogens (tertiary/aromatic N) is 1. The van der Waals surface area contributed by atoms with E-state index in [1.807, 2.05) is 30.3 Å². The fraction of sp³-hybridized carbons (Fsp3) is 0.583. The molecule has 0 bridgehead atoms. The highest BCUT2D eigenvalue weighted by molar-refractivity contribution is 5.92. The first-order chi connectivity index (χ1) is 16.9. The summed E-state index contributed by atoms with van der Waals surface area (Å²) < 4.78 is 0. The lowest BCUT2D eigenvalue weighted by Crippen LogP contribution is -2.54. The number of amides is 3. The van der Waals surface area contributed by atoms with Gasteiger partial charge in [-0.3, -0.25) is 19.4 Å². The van der Waals surface area contributed by atoms with E-state index in [4.69, 9.17) is 22.9 Å². The van der Waals surface area contributed by atoms with Crippen molar-refractivity contribution >= 4 is 23.7 Å². The van der Waals surface area contributed by atoms with Crippen molar-refractivity contribution in [2.24, 2.45) is 27.9 Å². The van der Waals surface area contributed by atoms with E-state index in [2.05, 4.69) is 20.9 Å². The maximum Gasteiger partial charge on any atom is 0.243 e. The summed E-state index contributed by atoms with van der Waals surface area (Å²) in [6, 6.07) is 7.81. The van der Waals surface area contributed by atoms with E-state index in [1.54, 1.807) is 0 Å². The number of carbonyl (C=O) groups is 3. The van der Waals surface area contributed by atoms with E-state index < -0.39 is 18.0 Å². The zero-order chi connectivity index (χ0) is 25.9. The predicted octanol–water partition coefficient (Wildman–Crippen LogP) is -0.764. The molecule has 1 rings (SSSR count). The minimum absolute atomic E-state index is 0.00163. The van der Waals surface area contributed by atoms with E-state index >= 15 is 0 Å². The second kappa shape index (κ2) is 18.2. The van der Waals surface area contributed by atoms with Crippen LogP contribution in [0.5, 0.6) is 0 Å². The van der Waals surface area contributed by atoms with Crippen molar-refractivity contribution in [3.8, 4) is 0 Å². The number of hydrogen-bond donors (Lipinski definition) is 7. The molecule has 2 atom stereocenters. The number of aliphatic imine (C=N–C) groups is 1. The second-order valence-corrected chi connectivity index (χ2v) is 8.36. The predicted molar refractivity (Wildman–Crippen MR) is 138 cm³/mol. The summed E-state index contributed by atoms with van der Waals surface area (Å²) in [5.74, 6) is -0.945. The number of carbonyl (C=O) groups excluding carboxylic acids is 3. The van der Waals surface area contributed by atoms with Crippen LogP contribution >= 0.6 is 0 Å². The summed E-state index contributed by atoms with van der Waals surface area (Å²) in [7, 11) is 0. The molecule has 1 aromatic rings. The molecule has 11 N–H and O–H groups in total. The Kier molecular flexibility index (Phi) is 15.5. The first-order valence-electron chi connectivity index (χ1n) is 12.2. The van der Waals surface area contributed by atoms with Crippen LogP contribution in [0.15, 0.2) is 35.3 Å². The normalized spacial score (nSPS) is 12.3. The Labute approximate surface area is 207 Å². The summed E-state index contributed by atoms with van der Waals surface area (Å²) in [5.41, 5.74) is 22.6. The van der Waals surface area contributed by atoms with Crippen LogP contribution in [0.1, 0.15) is 50.5 Å². The van der Waals surface area contributed by atoms with E-state index in [1.165, 1.54) is 0 Å². The number of nitrogens with one attached hydrogen (secondary N) is 3. The summed E-state index contributed by atoms with van der Waals surface area (Å²) in [5, 5.41) is 8.46. The van der Waals surface area contributed by atoms with Gasteiger partial charge < -0.3 is 38.9 Å². The van der Waals surface area contributed by atoms with Gasteiger partial charge in [-0.05, 0) is 63.6 Å². The van der Waals surface area contributed by atoms with Gasteiger partial charge >= 0.3 is 0 Å². The Bertz CT molecular complexity index is 784. The molecule has 0 aromatic heterocycles. The van der Waals surface area contributed by atoms with Gasteiger partial charge in [0.05, 0.1) is 6.42 Å². The Hall–Kier alpha value is -3.18. The standard InChI is InChI=1S/C24H42N8O3/c25-13-6-4-11-19(22(34)29-15-8-16-30-24(27)28)32-23(35)20(12-5-7-14-26)31-21(33)17-18-9-2-1-3-10-18/h1-3,9-10,19-20H,4-8,11-17,25-26H2,(H,29,34)(H,31,33)(H,32,35)(H4,27,28,30)/t19-,20-/m0/s1. The van der Waals surface area contributed by atoms with Gasteiger partial charge in [-0.15, -0.1) is 0 Å². The van der Waals surface area contributed by atoms with Crippen LogP contribution in [0, 0.1) is 0 Å². The maximum absolute atomic E-state index is 13.1. The third kappa shape index (κ3) is 14.0. The SMILES string of the molecule is NCCCC[C@H](NC(=O)Cc1ccccc1)C(=O)N[C@@H](CCCCN)C(=O)NCCCN=C(N)N. The highest BCUT2D eigenvalue weighted by atomic mass is 16.2. The minimum Gasteiger partial charge on any atom is -0.370 e.